The molecule has 0 aromatic heterocycles. The Morgan fingerprint density at radius 2 is 2.06 bits per heavy atom. The minimum atomic E-state index is 0.142. The zero-order chi connectivity index (χ0) is 12.7. The molecule has 0 radical (unpaired) electrons. The quantitative estimate of drug-likeness (QED) is 0.780. The molecular weight excluding hydrogens is 269 g/mol. The Hall–Kier alpha value is -0.570. The highest BCUT2D eigenvalue weighted by atomic mass is 35.5. The number of ketones is 1. The number of hydrogen-bond acceptors (Lipinski definition) is 2. The van der Waals surface area contributed by atoms with Crippen molar-refractivity contribution in [3.05, 3.63) is 33.8 Å². The van der Waals surface area contributed by atoms with Crippen molar-refractivity contribution in [2.75, 3.05) is 6.54 Å². The molecule has 2 atom stereocenters. The average molecular weight is 284 g/mol. The van der Waals surface area contributed by atoms with Crippen molar-refractivity contribution in [1.82, 2.24) is 4.90 Å². The number of halogens is 2. The number of benzene rings is 1. The van der Waals surface area contributed by atoms with Crippen molar-refractivity contribution in [2.45, 2.75) is 37.8 Å². The molecule has 0 aliphatic carbocycles. The molecule has 18 heavy (non-hydrogen) atoms. The van der Waals surface area contributed by atoms with Crippen LogP contribution in [-0.4, -0.2) is 23.3 Å². The Labute approximate surface area is 117 Å². The molecule has 2 aliphatic heterocycles. The van der Waals surface area contributed by atoms with Gasteiger partial charge >= 0.3 is 0 Å². The monoisotopic (exact) mass is 283 g/mol. The van der Waals surface area contributed by atoms with E-state index < -0.39 is 0 Å². The summed E-state index contributed by atoms with van der Waals surface area (Å²) in [6, 6.07) is 6.14. The number of piperidine rings is 1. The fourth-order valence-corrected chi connectivity index (χ4v) is 3.76. The predicted octanol–water partition coefficient (Wildman–Crippen LogP) is 3.86. The van der Waals surface area contributed by atoms with Crippen LogP contribution in [0.15, 0.2) is 18.2 Å². The van der Waals surface area contributed by atoms with Crippen LogP contribution in [0.1, 0.15) is 37.3 Å². The summed E-state index contributed by atoms with van der Waals surface area (Å²) in [5.41, 5.74) is 1.04. The summed E-state index contributed by atoms with van der Waals surface area (Å²) in [5, 5.41) is 1.32. The molecule has 96 valence electrons. The van der Waals surface area contributed by atoms with E-state index in [0.29, 0.717) is 34.7 Å². The molecule has 0 bridgehead atoms. The molecule has 0 spiro atoms. The molecule has 0 amide bonds. The first kappa shape index (κ1) is 12.5. The molecule has 2 fully saturated rings. The molecule has 1 aromatic carbocycles. The van der Waals surface area contributed by atoms with E-state index in [4.69, 9.17) is 23.2 Å². The molecule has 1 aromatic rings. The lowest BCUT2D eigenvalue weighted by molar-refractivity contribution is -0.124. The third-order valence-corrected chi connectivity index (χ3v) is 4.59. The van der Waals surface area contributed by atoms with Gasteiger partial charge in [-0.25, -0.2) is 0 Å². The fourth-order valence-electron chi connectivity index (χ4n) is 3.23. The van der Waals surface area contributed by atoms with Gasteiger partial charge in [-0.3, -0.25) is 9.69 Å². The van der Waals surface area contributed by atoms with Gasteiger partial charge < -0.3 is 0 Å². The van der Waals surface area contributed by atoms with Crippen LogP contribution in [0.4, 0.5) is 0 Å². The van der Waals surface area contributed by atoms with Crippen molar-refractivity contribution >= 4 is 29.0 Å². The molecular formula is C14H15Cl2NO. The molecule has 2 aliphatic rings. The van der Waals surface area contributed by atoms with E-state index in [9.17, 15) is 4.79 Å². The molecule has 4 heteroatoms. The molecule has 0 saturated carbocycles. The van der Waals surface area contributed by atoms with Crippen LogP contribution >= 0.6 is 23.2 Å². The fraction of sp³-hybridized carbons (Fsp3) is 0.500. The van der Waals surface area contributed by atoms with Crippen molar-refractivity contribution in [1.29, 1.82) is 0 Å². The summed E-state index contributed by atoms with van der Waals surface area (Å²) in [5.74, 6) is 0.356. The summed E-state index contributed by atoms with van der Waals surface area (Å²) >= 11 is 12.2. The van der Waals surface area contributed by atoms with Crippen LogP contribution in [0, 0.1) is 0 Å². The van der Waals surface area contributed by atoms with Gasteiger partial charge in [0.1, 0.15) is 5.78 Å². The van der Waals surface area contributed by atoms with E-state index in [0.717, 1.165) is 18.5 Å². The maximum absolute atomic E-state index is 11.9. The van der Waals surface area contributed by atoms with Gasteiger partial charge in [-0.05, 0) is 37.1 Å². The minimum Gasteiger partial charge on any atom is -0.300 e. The Bertz CT molecular complexity index is 489. The second kappa shape index (κ2) is 4.84. The maximum atomic E-state index is 11.9. The van der Waals surface area contributed by atoms with E-state index in [1.165, 1.54) is 6.42 Å². The topological polar surface area (TPSA) is 20.3 Å². The van der Waals surface area contributed by atoms with Crippen LogP contribution in [0.3, 0.4) is 0 Å². The van der Waals surface area contributed by atoms with E-state index in [-0.39, 0.29) is 6.04 Å². The lowest BCUT2D eigenvalue weighted by atomic mass is 9.91. The largest absolute Gasteiger partial charge is 0.300 e. The highest BCUT2D eigenvalue weighted by molar-refractivity contribution is 6.35. The zero-order valence-electron chi connectivity index (χ0n) is 10.0. The first-order valence-electron chi connectivity index (χ1n) is 6.37. The smallest absolute Gasteiger partial charge is 0.136 e. The highest BCUT2D eigenvalue weighted by Crippen LogP contribution is 2.40. The number of Topliss-reactive ketones (excluding diaryl/α,β-unsaturated/α-hetero) is 1. The lowest BCUT2D eigenvalue weighted by Gasteiger charge is -2.37. The summed E-state index contributed by atoms with van der Waals surface area (Å²) in [6.07, 6.45) is 3.60. The number of hydrogen-bond donors (Lipinski definition) is 0. The Morgan fingerprint density at radius 1 is 1.22 bits per heavy atom. The van der Waals surface area contributed by atoms with Gasteiger partial charge in [-0.1, -0.05) is 29.3 Å². The Kier molecular flexibility index (Phi) is 3.35. The second-order valence-electron chi connectivity index (χ2n) is 5.16. The van der Waals surface area contributed by atoms with Crippen molar-refractivity contribution in [3.63, 3.8) is 0 Å². The van der Waals surface area contributed by atoms with Gasteiger partial charge in [-0.15, -0.1) is 0 Å². The Balaban J connectivity index is 1.96. The molecule has 2 heterocycles. The Morgan fingerprint density at radius 3 is 2.83 bits per heavy atom. The summed E-state index contributed by atoms with van der Waals surface area (Å²) in [4.78, 5) is 14.3. The number of nitrogens with zero attached hydrogens (tertiary/aromatic N) is 1. The summed E-state index contributed by atoms with van der Waals surface area (Å²) in [6.45, 7) is 1.07. The predicted molar refractivity (Wildman–Crippen MR) is 73.2 cm³/mol. The molecule has 2 saturated heterocycles. The molecule has 2 nitrogen and oxygen atoms in total. The van der Waals surface area contributed by atoms with E-state index >= 15 is 0 Å². The number of rotatable bonds is 1. The van der Waals surface area contributed by atoms with E-state index in [2.05, 4.69) is 4.90 Å². The van der Waals surface area contributed by atoms with Gasteiger partial charge in [0, 0.05) is 35.0 Å². The third-order valence-electron chi connectivity index (χ3n) is 4.03. The van der Waals surface area contributed by atoms with Gasteiger partial charge in [-0.2, -0.15) is 0 Å². The third kappa shape index (κ3) is 2.18. The van der Waals surface area contributed by atoms with Gasteiger partial charge in [0.15, 0.2) is 0 Å². The minimum absolute atomic E-state index is 0.142. The van der Waals surface area contributed by atoms with Gasteiger partial charge in [0.25, 0.3) is 0 Å². The standard InChI is InChI=1S/C14H15Cl2NO/c15-9-3-4-12(13(16)6-9)14-8-11(18)7-10-2-1-5-17(10)14/h3-4,6,10,14H,1-2,5,7-8H2. The molecule has 2 unspecified atom stereocenters. The van der Waals surface area contributed by atoms with E-state index in [1.807, 2.05) is 12.1 Å². The summed E-state index contributed by atoms with van der Waals surface area (Å²) in [7, 11) is 0. The van der Waals surface area contributed by atoms with Crippen LogP contribution in [0.25, 0.3) is 0 Å². The van der Waals surface area contributed by atoms with Crippen molar-refractivity contribution in [3.8, 4) is 0 Å². The second-order valence-corrected chi connectivity index (χ2v) is 6.01. The number of fused-ring (bicyclic) bond motifs is 1. The first-order valence-corrected chi connectivity index (χ1v) is 7.13. The van der Waals surface area contributed by atoms with Gasteiger partial charge in [0.2, 0.25) is 0 Å². The van der Waals surface area contributed by atoms with Gasteiger partial charge in [0.05, 0.1) is 0 Å². The normalized spacial score (nSPS) is 28.4. The first-order chi connectivity index (χ1) is 8.65. The van der Waals surface area contributed by atoms with Crippen LogP contribution in [-0.2, 0) is 4.79 Å². The highest BCUT2D eigenvalue weighted by Gasteiger charge is 2.38. The van der Waals surface area contributed by atoms with Crippen LogP contribution in [0.2, 0.25) is 10.0 Å². The van der Waals surface area contributed by atoms with Crippen LogP contribution < -0.4 is 0 Å². The zero-order valence-corrected chi connectivity index (χ0v) is 11.5. The molecule has 3 rings (SSSR count). The van der Waals surface area contributed by atoms with Crippen LogP contribution in [0.5, 0.6) is 0 Å². The average Bonchev–Trinajstić information content (AvgIpc) is 2.76. The van der Waals surface area contributed by atoms with Crippen molar-refractivity contribution < 1.29 is 4.79 Å². The number of carbonyl (C=O) groups is 1. The number of carbonyl (C=O) groups excluding carboxylic acids is 1. The van der Waals surface area contributed by atoms with Crippen molar-refractivity contribution in [2.24, 2.45) is 0 Å². The van der Waals surface area contributed by atoms with E-state index in [1.54, 1.807) is 6.07 Å². The maximum Gasteiger partial charge on any atom is 0.136 e. The summed E-state index contributed by atoms with van der Waals surface area (Å²) < 4.78 is 0. The lowest BCUT2D eigenvalue weighted by Crippen LogP contribution is -2.40. The molecule has 0 N–H and O–H groups in total. The SMILES string of the molecule is O=C1CC2CCCN2C(c2ccc(Cl)cc2Cl)C1.